The van der Waals surface area contributed by atoms with Crippen LogP contribution >= 0.6 is 11.6 Å². The second-order valence-corrected chi connectivity index (χ2v) is 2.74. The van der Waals surface area contributed by atoms with Crippen LogP contribution in [0.3, 0.4) is 0 Å². The van der Waals surface area contributed by atoms with E-state index in [9.17, 15) is 10.1 Å². The Hall–Kier alpha value is -1.58. The molecule has 15 heavy (non-hydrogen) atoms. The normalized spacial score (nSPS) is 8.60. The molecule has 0 aliphatic heterocycles. The van der Waals surface area contributed by atoms with Crippen molar-refractivity contribution in [1.82, 2.24) is 0 Å². The van der Waals surface area contributed by atoms with Gasteiger partial charge in [0.1, 0.15) is 5.75 Å². The molecule has 0 spiro atoms. The number of hydrogen-bond acceptors (Lipinski definition) is 4. The molecule has 6 nitrogen and oxygen atoms in total. The minimum Gasteiger partial charge on any atom is -1.00 e. The van der Waals surface area contributed by atoms with E-state index in [0.717, 1.165) is 12.1 Å². The Morgan fingerprint density at radius 3 is 2.60 bits per heavy atom. The fourth-order valence-electron chi connectivity index (χ4n) is 0.915. The zero-order chi connectivity index (χ0) is 10.7. The molecule has 0 heterocycles. The largest absolute Gasteiger partial charge is 1.00 e. The Labute approximate surface area is 96.0 Å². The van der Waals surface area contributed by atoms with Crippen molar-refractivity contribution in [2.75, 3.05) is 7.11 Å². The van der Waals surface area contributed by atoms with Crippen LogP contribution in [-0.2, 0) is 0 Å². The van der Waals surface area contributed by atoms with Crippen molar-refractivity contribution in [3.05, 3.63) is 32.2 Å². The number of benzene rings is 1. The van der Waals surface area contributed by atoms with E-state index in [2.05, 4.69) is 4.98 Å². The van der Waals surface area contributed by atoms with Crippen LogP contribution in [0.4, 0.5) is 11.4 Å². The smallest absolute Gasteiger partial charge is 0.462 e. The lowest BCUT2D eigenvalue weighted by Gasteiger charge is -1.99. The Morgan fingerprint density at radius 2 is 2.20 bits per heavy atom. The van der Waals surface area contributed by atoms with Gasteiger partial charge in [0.15, 0.2) is 4.98 Å². The van der Waals surface area contributed by atoms with Crippen molar-refractivity contribution in [3.8, 4) is 5.75 Å². The van der Waals surface area contributed by atoms with Crippen LogP contribution in [0.5, 0.6) is 5.75 Å². The van der Waals surface area contributed by atoms with Crippen molar-refractivity contribution in [1.29, 1.82) is 5.39 Å². The molecule has 0 unspecified atom stereocenters. The molecule has 8 heteroatoms. The Morgan fingerprint density at radius 1 is 1.60 bits per heavy atom. The van der Waals surface area contributed by atoms with Gasteiger partial charge in [0.25, 0.3) is 0 Å². The standard InChI is InChI=1S/C7H5ClN3O3.ClH/c1-14-7-3-6(11(12)13)5(10-9)2-4(7)8;/h2-3H,1H3;1H/q+1;/p-1. The van der Waals surface area contributed by atoms with E-state index in [-0.39, 0.29) is 34.6 Å². The number of nitrogens with zero attached hydrogens (tertiary/aromatic N) is 3. The number of rotatable bonds is 2. The first-order valence-corrected chi connectivity index (χ1v) is 3.85. The third kappa shape index (κ3) is 2.68. The average Bonchev–Trinajstić information content (AvgIpc) is 2.16. The maximum absolute atomic E-state index is 10.5. The minimum atomic E-state index is -0.687. The number of methoxy groups -OCH3 is 1. The summed E-state index contributed by atoms with van der Waals surface area (Å²) in [7, 11) is 1.33. The van der Waals surface area contributed by atoms with Gasteiger partial charge in [-0.3, -0.25) is 10.1 Å². The molecule has 1 rings (SSSR count). The molecule has 80 valence electrons. The number of nitro groups is 1. The van der Waals surface area contributed by atoms with E-state index in [1.165, 1.54) is 7.11 Å². The van der Waals surface area contributed by atoms with Gasteiger partial charge in [-0.05, 0) is 0 Å². The van der Waals surface area contributed by atoms with Gasteiger partial charge < -0.3 is 17.1 Å². The molecule has 0 radical (unpaired) electrons. The van der Waals surface area contributed by atoms with Crippen LogP contribution in [0.1, 0.15) is 0 Å². The van der Waals surface area contributed by atoms with Gasteiger partial charge in [-0.25, -0.2) is 0 Å². The van der Waals surface area contributed by atoms with Gasteiger partial charge in [0.2, 0.25) is 5.39 Å². The van der Waals surface area contributed by atoms with Crippen molar-refractivity contribution >= 4 is 23.0 Å². The fourth-order valence-corrected chi connectivity index (χ4v) is 1.15. The highest BCUT2D eigenvalue weighted by atomic mass is 35.5. The highest BCUT2D eigenvalue weighted by Gasteiger charge is 2.27. The lowest BCUT2D eigenvalue weighted by atomic mass is 10.2. The number of nitro benzene ring substituents is 1. The van der Waals surface area contributed by atoms with Crippen molar-refractivity contribution < 1.29 is 22.1 Å². The summed E-state index contributed by atoms with van der Waals surface area (Å²) >= 11 is 5.67. The quantitative estimate of drug-likeness (QED) is 0.411. The molecule has 0 saturated heterocycles. The van der Waals surface area contributed by atoms with Gasteiger partial charge in [-0.2, -0.15) is 0 Å². The number of hydrogen-bond donors (Lipinski definition) is 0. The first-order chi connectivity index (χ1) is 6.60. The van der Waals surface area contributed by atoms with Gasteiger partial charge >= 0.3 is 11.4 Å². The van der Waals surface area contributed by atoms with Crippen LogP contribution in [0.15, 0.2) is 12.1 Å². The molecular formula is C7H5Cl2N3O3. The van der Waals surface area contributed by atoms with E-state index in [0.29, 0.717) is 0 Å². The molecule has 0 amide bonds. The van der Waals surface area contributed by atoms with Gasteiger partial charge in [-0.15, -0.1) is 0 Å². The SMILES string of the molecule is COc1cc([N+](=O)[O-])c([N+]#N)cc1Cl.[Cl-]. The van der Waals surface area contributed by atoms with E-state index in [1.54, 1.807) is 0 Å². The summed E-state index contributed by atoms with van der Waals surface area (Å²) in [5.41, 5.74) is -0.574. The van der Waals surface area contributed by atoms with Crippen LogP contribution in [-0.4, -0.2) is 12.0 Å². The fraction of sp³-hybridized carbons (Fsp3) is 0.143. The zero-order valence-corrected chi connectivity index (χ0v) is 8.99. The topological polar surface area (TPSA) is 80.5 Å². The molecule has 0 saturated carbocycles. The zero-order valence-electron chi connectivity index (χ0n) is 7.48. The molecule has 0 aromatic heterocycles. The average molecular weight is 250 g/mol. The summed E-state index contributed by atoms with van der Waals surface area (Å²) in [5, 5.41) is 19.1. The van der Waals surface area contributed by atoms with Crippen LogP contribution < -0.4 is 17.1 Å². The maximum Gasteiger partial charge on any atom is 0.462 e. The molecule has 0 aliphatic carbocycles. The van der Waals surface area contributed by atoms with Crippen molar-refractivity contribution in [2.24, 2.45) is 0 Å². The minimum absolute atomic E-state index is 0. The molecule has 0 N–H and O–H groups in total. The maximum atomic E-state index is 10.5. The van der Waals surface area contributed by atoms with Gasteiger partial charge in [-0.1, -0.05) is 11.6 Å². The first-order valence-electron chi connectivity index (χ1n) is 3.47. The second-order valence-electron chi connectivity index (χ2n) is 2.33. The van der Waals surface area contributed by atoms with E-state index >= 15 is 0 Å². The summed E-state index contributed by atoms with van der Waals surface area (Å²) in [6.45, 7) is 0. The Kier molecular flexibility index (Phi) is 4.78. The van der Waals surface area contributed by atoms with Crippen LogP contribution in [0, 0.1) is 15.5 Å². The molecule has 1 aromatic rings. The number of diazo groups is 1. The van der Waals surface area contributed by atoms with Crippen molar-refractivity contribution in [2.45, 2.75) is 0 Å². The monoisotopic (exact) mass is 249 g/mol. The van der Waals surface area contributed by atoms with E-state index in [1.807, 2.05) is 0 Å². The van der Waals surface area contributed by atoms with E-state index < -0.39 is 4.92 Å². The summed E-state index contributed by atoms with van der Waals surface area (Å²) in [4.78, 5) is 12.6. The molecule has 0 fully saturated rings. The lowest BCUT2D eigenvalue weighted by Crippen LogP contribution is -3.00. The third-order valence-corrected chi connectivity index (χ3v) is 1.85. The molecular weight excluding hydrogens is 245 g/mol. The predicted octanol–water partition coefficient (Wildman–Crippen LogP) is -0.255. The molecule has 1 aromatic carbocycles. The van der Waals surface area contributed by atoms with Crippen LogP contribution in [0.2, 0.25) is 5.02 Å². The summed E-state index contributed by atoms with van der Waals surface area (Å²) < 4.78 is 4.78. The van der Waals surface area contributed by atoms with Crippen molar-refractivity contribution in [3.63, 3.8) is 0 Å². The Balaban J connectivity index is 0.00000196. The lowest BCUT2D eigenvalue weighted by molar-refractivity contribution is -0.383. The third-order valence-electron chi connectivity index (χ3n) is 1.55. The summed E-state index contributed by atoms with van der Waals surface area (Å²) in [5.74, 6) is 0.158. The highest BCUT2D eigenvalue weighted by Crippen LogP contribution is 2.37. The number of halogens is 2. The Bertz CT molecular complexity index is 430. The first kappa shape index (κ1) is 13.4. The van der Waals surface area contributed by atoms with Gasteiger partial charge in [0.05, 0.1) is 29.2 Å². The highest BCUT2D eigenvalue weighted by molar-refractivity contribution is 6.32. The molecule has 0 bridgehead atoms. The molecule has 0 aliphatic rings. The van der Waals surface area contributed by atoms with E-state index in [4.69, 9.17) is 21.7 Å². The number of ether oxygens (including phenoxy) is 1. The predicted molar refractivity (Wildman–Crippen MR) is 49.4 cm³/mol. The van der Waals surface area contributed by atoms with Crippen LogP contribution in [0.25, 0.3) is 4.98 Å². The molecule has 0 atom stereocenters. The van der Waals surface area contributed by atoms with Gasteiger partial charge in [0, 0.05) is 0 Å². The summed E-state index contributed by atoms with van der Waals surface area (Å²) in [6, 6.07) is 2.25. The second kappa shape index (κ2) is 5.34. The summed E-state index contributed by atoms with van der Waals surface area (Å²) in [6.07, 6.45) is 0.